The van der Waals surface area contributed by atoms with Crippen molar-refractivity contribution in [3.8, 4) is 39.4 Å². The van der Waals surface area contributed by atoms with E-state index in [-0.39, 0.29) is 6.79 Å². The second kappa shape index (κ2) is 8.61. The number of hydrogen-bond donors (Lipinski definition) is 1. The number of nitrogens with zero attached hydrogens (tertiary/aromatic N) is 2. The van der Waals surface area contributed by atoms with Crippen LogP contribution in [0, 0.1) is 0 Å². The maximum absolute atomic E-state index is 13.6. The van der Waals surface area contributed by atoms with Crippen LogP contribution in [0.15, 0.2) is 101 Å². The van der Waals surface area contributed by atoms with Gasteiger partial charge in [0.2, 0.25) is 6.79 Å². The Morgan fingerprint density at radius 1 is 0.816 bits per heavy atom. The molecule has 3 heterocycles. The summed E-state index contributed by atoms with van der Waals surface area (Å²) in [6.07, 6.45) is 3.23. The molecule has 38 heavy (non-hydrogen) atoms. The average Bonchev–Trinajstić information content (AvgIpc) is 3.41. The lowest BCUT2D eigenvalue weighted by Gasteiger charge is -2.14. The number of pyridine rings is 1. The Kier molecular flexibility index (Phi) is 5.06. The molecular weight excluding hydrogens is 502 g/mol. The van der Waals surface area contributed by atoms with Gasteiger partial charge in [-0.05, 0) is 47.0 Å². The predicted molar refractivity (Wildman–Crippen MR) is 147 cm³/mol. The van der Waals surface area contributed by atoms with E-state index in [0.717, 1.165) is 37.6 Å². The fraction of sp³-hybridized carbons (Fsp3) is 0.0333. The van der Waals surface area contributed by atoms with E-state index in [4.69, 9.17) is 21.1 Å². The molecule has 7 nitrogen and oxygen atoms in total. The van der Waals surface area contributed by atoms with Gasteiger partial charge in [0.25, 0.3) is 5.56 Å². The molecule has 4 aromatic carbocycles. The maximum Gasteiger partial charge on any atom is 0.333 e. The molecule has 0 fully saturated rings. The minimum absolute atomic E-state index is 0.186. The van der Waals surface area contributed by atoms with Crippen molar-refractivity contribution in [1.82, 2.24) is 14.5 Å². The van der Waals surface area contributed by atoms with Crippen molar-refractivity contribution in [2.45, 2.75) is 0 Å². The average molecular weight is 520 g/mol. The zero-order valence-electron chi connectivity index (χ0n) is 19.8. The number of rotatable bonds is 3. The number of aromatic amines is 1. The highest BCUT2D eigenvalue weighted by atomic mass is 35.5. The lowest BCUT2D eigenvalue weighted by Crippen LogP contribution is -2.33. The number of halogens is 1. The van der Waals surface area contributed by atoms with Crippen LogP contribution in [0.2, 0.25) is 5.02 Å². The zero-order chi connectivity index (χ0) is 25.8. The third-order valence-corrected chi connectivity index (χ3v) is 7.09. The molecular formula is C30H18ClN3O4. The van der Waals surface area contributed by atoms with Gasteiger partial charge in [-0.1, -0.05) is 60.1 Å². The second-order valence-corrected chi connectivity index (χ2v) is 9.35. The van der Waals surface area contributed by atoms with Crippen LogP contribution >= 0.6 is 11.6 Å². The van der Waals surface area contributed by atoms with Crippen LogP contribution < -0.4 is 20.7 Å². The minimum Gasteiger partial charge on any atom is -0.454 e. The smallest absolute Gasteiger partial charge is 0.333 e. The molecule has 0 spiro atoms. The van der Waals surface area contributed by atoms with Gasteiger partial charge in [0, 0.05) is 27.6 Å². The highest BCUT2D eigenvalue weighted by molar-refractivity contribution is 6.34. The van der Waals surface area contributed by atoms with Crippen LogP contribution in [0.5, 0.6) is 11.5 Å². The molecule has 6 aromatic rings. The van der Waals surface area contributed by atoms with Gasteiger partial charge in [-0.2, -0.15) is 0 Å². The standard InChI is InChI=1S/C30H18ClN3O4/c31-23-7-3-6-21(17-9-11-26-27(13-17)38-16-37-26)28(23)18-8-10-22-24(12-18)33-30(36)34(29(22)35)25-15-32-14-19-4-1-2-5-20(19)25/h1-15H,16H2,(H,33,36). The molecule has 184 valence electrons. The van der Waals surface area contributed by atoms with Crippen molar-refractivity contribution in [2.24, 2.45) is 0 Å². The van der Waals surface area contributed by atoms with Crippen LogP contribution in [0.1, 0.15) is 0 Å². The second-order valence-electron chi connectivity index (χ2n) is 8.94. The van der Waals surface area contributed by atoms with Gasteiger partial charge in [-0.3, -0.25) is 9.78 Å². The van der Waals surface area contributed by atoms with Crippen molar-refractivity contribution < 1.29 is 9.47 Å². The Morgan fingerprint density at radius 2 is 1.66 bits per heavy atom. The lowest BCUT2D eigenvalue weighted by atomic mass is 9.93. The summed E-state index contributed by atoms with van der Waals surface area (Å²) in [5.74, 6) is 1.36. The molecule has 1 aliphatic heterocycles. The molecule has 2 aromatic heterocycles. The van der Waals surface area contributed by atoms with Crippen LogP contribution in [-0.4, -0.2) is 21.3 Å². The number of aromatic nitrogens is 3. The van der Waals surface area contributed by atoms with E-state index >= 15 is 0 Å². The molecule has 1 aliphatic rings. The molecule has 0 unspecified atom stereocenters. The van der Waals surface area contributed by atoms with Crippen LogP contribution in [0.4, 0.5) is 0 Å². The molecule has 0 radical (unpaired) electrons. The molecule has 0 atom stereocenters. The number of ether oxygens (including phenoxy) is 2. The fourth-order valence-corrected chi connectivity index (χ4v) is 5.28. The van der Waals surface area contributed by atoms with Gasteiger partial charge in [0.05, 0.1) is 22.8 Å². The molecule has 0 saturated carbocycles. The van der Waals surface area contributed by atoms with E-state index in [2.05, 4.69) is 9.97 Å². The largest absolute Gasteiger partial charge is 0.454 e. The molecule has 0 bridgehead atoms. The van der Waals surface area contributed by atoms with Gasteiger partial charge in [-0.15, -0.1) is 0 Å². The monoisotopic (exact) mass is 519 g/mol. The zero-order valence-corrected chi connectivity index (χ0v) is 20.5. The molecule has 0 aliphatic carbocycles. The highest BCUT2D eigenvalue weighted by Gasteiger charge is 2.19. The van der Waals surface area contributed by atoms with Gasteiger partial charge in [0.1, 0.15) is 0 Å². The summed E-state index contributed by atoms with van der Waals surface area (Å²) in [7, 11) is 0. The van der Waals surface area contributed by atoms with Crippen LogP contribution in [0.3, 0.4) is 0 Å². The van der Waals surface area contributed by atoms with E-state index in [1.807, 2.05) is 66.7 Å². The van der Waals surface area contributed by atoms with Crippen molar-refractivity contribution in [2.75, 3.05) is 6.79 Å². The normalized spacial score (nSPS) is 12.3. The van der Waals surface area contributed by atoms with Crippen molar-refractivity contribution in [3.05, 3.63) is 117 Å². The van der Waals surface area contributed by atoms with E-state index in [1.165, 1.54) is 6.20 Å². The number of H-pyrrole nitrogens is 1. The molecule has 0 saturated heterocycles. The summed E-state index contributed by atoms with van der Waals surface area (Å²) < 4.78 is 12.1. The molecule has 7 rings (SSSR count). The van der Waals surface area contributed by atoms with Gasteiger partial charge in [0.15, 0.2) is 11.5 Å². The summed E-state index contributed by atoms with van der Waals surface area (Å²) in [6.45, 7) is 0.186. The fourth-order valence-electron chi connectivity index (χ4n) is 4.99. The number of fused-ring (bicyclic) bond motifs is 3. The molecule has 1 N–H and O–H groups in total. The first-order valence-corrected chi connectivity index (χ1v) is 12.3. The maximum atomic E-state index is 13.6. The Labute approximate surface area is 220 Å². The summed E-state index contributed by atoms with van der Waals surface area (Å²) >= 11 is 6.70. The summed E-state index contributed by atoms with van der Waals surface area (Å²) in [5, 5.41) is 2.51. The minimum atomic E-state index is -0.548. The molecule has 8 heteroatoms. The summed E-state index contributed by atoms with van der Waals surface area (Å²) in [4.78, 5) is 33.9. The predicted octanol–water partition coefficient (Wildman–Crippen LogP) is 5.94. The first kappa shape index (κ1) is 22.3. The Hall–Kier alpha value is -4.88. The number of hydrogen-bond acceptors (Lipinski definition) is 5. The van der Waals surface area contributed by atoms with Crippen molar-refractivity contribution >= 4 is 33.3 Å². The van der Waals surface area contributed by atoms with Gasteiger partial charge >= 0.3 is 5.69 Å². The first-order valence-electron chi connectivity index (χ1n) is 11.9. The van der Waals surface area contributed by atoms with E-state index in [0.29, 0.717) is 33.1 Å². The number of benzene rings is 4. The lowest BCUT2D eigenvalue weighted by molar-refractivity contribution is 0.174. The summed E-state index contributed by atoms with van der Waals surface area (Å²) in [5.41, 5.74) is 3.19. The third-order valence-electron chi connectivity index (χ3n) is 6.77. The molecule has 0 amide bonds. The van der Waals surface area contributed by atoms with Gasteiger partial charge < -0.3 is 14.5 Å². The Morgan fingerprint density at radius 3 is 2.58 bits per heavy atom. The van der Waals surface area contributed by atoms with Gasteiger partial charge in [-0.25, -0.2) is 9.36 Å². The van der Waals surface area contributed by atoms with E-state index < -0.39 is 11.2 Å². The topological polar surface area (TPSA) is 86.2 Å². The van der Waals surface area contributed by atoms with Crippen LogP contribution in [0.25, 0.3) is 49.6 Å². The van der Waals surface area contributed by atoms with E-state index in [9.17, 15) is 9.59 Å². The highest BCUT2D eigenvalue weighted by Crippen LogP contribution is 2.42. The summed E-state index contributed by atoms with van der Waals surface area (Å²) in [6, 6.07) is 24.2. The van der Waals surface area contributed by atoms with E-state index in [1.54, 1.807) is 18.3 Å². The Bertz CT molecular complexity index is 2020. The number of nitrogens with one attached hydrogen (secondary N) is 1. The third kappa shape index (κ3) is 3.48. The first-order chi connectivity index (χ1) is 18.6. The van der Waals surface area contributed by atoms with Crippen molar-refractivity contribution in [1.29, 1.82) is 0 Å². The SMILES string of the molecule is O=c1[nH]c2cc(-c3c(Cl)cccc3-c3ccc4c(c3)OCO4)ccc2c(=O)n1-c1cncc2ccccc12. The Balaban J connectivity index is 1.41. The van der Waals surface area contributed by atoms with Crippen LogP contribution in [-0.2, 0) is 0 Å². The quantitative estimate of drug-likeness (QED) is 0.312. The van der Waals surface area contributed by atoms with Crippen molar-refractivity contribution in [3.63, 3.8) is 0 Å².